The second-order valence-electron chi connectivity index (χ2n) is 6.55. The minimum absolute atomic E-state index is 0.0540. The van der Waals surface area contributed by atoms with Crippen LogP contribution in [0.3, 0.4) is 0 Å². The lowest BCUT2D eigenvalue weighted by Gasteiger charge is -2.09. The summed E-state index contributed by atoms with van der Waals surface area (Å²) in [5, 5.41) is 2.67. The standard InChI is InChI=1S/C24H21NO5S/c1-3-28-20-10-9-17(13-21(20)27-2)23-25-18(15-31-23)14-30-24(26)22-19(11-12-29-22)16-7-5-4-6-8-16/h4-13,15H,3,14H2,1-2H3. The van der Waals surface area contributed by atoms with Crippen molar-refractivity contribution in [1.29, 1.82) is 0 Å². The Morgan fingerprint density at radius 1 is 1.06 bits per heavy atom. The quantitative estimate of drug-likeness (QED) is 0.324. The number of methoxy groups -OCH3 is 1. The summed E-state index contributed by atoms with van der Waals surface area (Å²) in [7, 11) is 1.60. The van der Waals surface area contributed by atoms with Crippen molar-refractivity contribution in [1.82, 2.24) is 4.98 Å². The molecule has 2 aromatic carbocycles. The number of ether oxygens (including phenoxy) is 3. The van der Waals surface area contributed by atoms with Gasteiger partial charge in [0.25, 0.3) is 0 Å². The topological polar surface area (TPSA) is 70.8 Å². The third-order valence-corrected chi connectivity index (χ3v) is 5.49. The smallest absolute Gasteiger partial charge is 0.375 e. The fourth-order valence-corrected chi connectivity index (χ4v) is 3.90. The van der Waals surface area contributed by atoms with Gasteiger partial charge >= 0.3 is 5.97 Å². The Kier molecular flexibility index (Phi) is 6.33. The highest BCUT2D eigenvalue weighted by Crippen LogP contribution is 2.34. The van der Waals surface area contributed by atoms with E-state index in [9.17, 15) is 4.79 Å². The Bertz CT molecular complexity index is 1170. The van der Waals surface area contributed by atoms with E-state index in [1.54, 1.807) is 13.2 Å². The van der Waals surface area contributed by atoms with Gasteiger partial charge in [-0.3, -0.25) is 0 Å². The van der Waals surface area contributed by atoms with Crippen LogP contribution in [0.2, 0.25) is 0 Å². The van der Waals surface area contributed by atoms with Gasteiger partial charge in [-0.15, -0.1) is 11.3 Å². The largest absolute Gasteiger partial charge is 0.493 e. The van der Waals surface area contributed by atoms with Gasteiger partial charge < -0.3 is 18.6 Å². The zero-order chi connectivity index (χ0) is 21.6. The lowest BCUT2D eigenvalue weighted by Crippen LogP contribution is -2.05. The number of hydrogen-bond donors (Lipinski definition) is 0. The fraction of sp³-hybridized carbons (Fsp3) is 0.167. The first-order valence-corrected chi connectivity index (χ1v) is 10.6. The Balaban J connectivity index is 1.45. The van der Waals surface area contributed by atoms with E-state index in [2.05, 4.69) is 4.98 Å². The SMILES string of the molecule is CCOc1ccc(-c2nc(COC(=O)c3occc3-c3ccccc3)cs2)cc1OC. The molecule has 0 unspecified atom stereocenters. The first-order chi connectivity index (χ1) is 15.2. The van der Waals surface area contributed by atoms with Gasteiger partial charge in [-0.1, -0.05) is 30.3 Å². The number of thiazole rings is 1. The molecule has 0 amide bonds. The van der Waals surface area contributed by atoms with Gasteiger partial charge in [-0.05, 0) is 36.8 Å². The maximum absolute atomic E-state index is 12.6. The molecule has 7 heteroatoms. The third-order valence-electron chi connectivity index (χ3n) is 4.55. The molecular formula is C24H21NO5S. The molecule has 0 atom stereocenters. The number of benzene rings is 2. The van der Waals surface area contributed by atoms with E-state index in [1.807, 2.05) is 60.8 Å². The number of carbonyl (C=O) groups excluding carboxylic acids is 1. The van der Waals surface area contributed by atoms with E-state index < -0.39 is 5.97 Å². The van der Waals surface area contributed by atoms with Crippen LogP contribution < -0.4 is 9.47 Å². The van der Waals surface area contributed by atoms with Gasteiger partial charge in [0.05, 0.1) is 25.7 Å². The number of aromatic nitrogens is 1. The molecule has 4 aromatic rings. The second-order valence-corrected chi connectivity index (χ2v) is 7.41. The van der Waals surface area contributed by atoms with Crippen molar-refractivity contribution in [2.45, 2.75) is 13.5 Å². The summed E-state index contributed by atoms with van der Waals surface area (Å²) in [4.78, 5) is 17.1. The average molecular weight is 436 g/mol. The summed E-state index contributed by atoms with van der Waals surface area (Å²) in [6, 6.07) is 17.0. The average Bonchev–Trinajstić information content (AvgIpc) is 3.48. The van der Waals surface area contributed by atoms with Crippen LogP contribution in [-0.4, -0.2) is 24.7 Å². The highest BCUT2D eigenvalue weighted by Gasteiger charge is 2.19. The monoisotopic (exact) mass is 435 g/mol. The molecule has 2 aromatic heterocycles. The van der Waals surface area contributed by atoms with E-state index in [0.29, 0.717) is 29.4 Å². The molecule has 0 radical (unpaired) electrons. The van der Waals surface area contributed by atoms with Crippen molar-refractivity contribution in [3.05, 3.63) is 77.7 Å². The van der Waals surface area contributed by atoms with Gasteiger partial charge in [-0.25, -0.2) is 9.78 Å². The molecule has 6 nitrogen and oxygen atoms in total. The zero-order valence-corrected chi connectivity index (χ0v) is 18.0. The normalized spacial score (nSPS) is 10.6. The van der Waals surface area contributed by atoms with Crippen molar-refractivity contribution in [3.8, 4) is 33.2 Å². The summed E-state index contributed by atoms with van der Waals surface area (Å²) < 4.78 is 21.8. The van der Waals surface area contributed by atoms with E-state index in [-0.39, 0.29) is 12.4 Å². The number of carbonyl (C=O) groups is 1. The summed E-state index contributed by atoms with van der Waals surface area (Å²) in [6.07, 6.45) is 1.49. The molecule has 0 aliphatic carbocycles. The number of nitrogens with zero attached hydrogens (tertiary/aromatic N) is 1. The van der Waals surface area contributed by atoms with E-state index >= 15 is 0 Å². The molecule has 158 valence electrons. The fourth-order valence-electron chi connectivity index (χ4n) is 3.10. The molecular weight excluding hydrogens is 414 g/mol. The summed E-state index contributed by atoms with van der Waals surface area (Å²) in [5.74, 6) is 0.986. The minimum atomic E-state index is -0.527. The summed E-state index contributed by atoms with van der Waals surface area (Å²) in [6.45, 7) is 2.54. The number of furan rings is 1. The molecule has 0 aliphatic heterocycles. The van der Waals surface area contributed by atoms with Crippen LogP contribution >= 0.6 is 11.3 Å². The van der Waals surface area contributed by atoms with E-state index in [1.165, 1.54) is 17.6 Å². The van der Waals surface area contributed by atoms with E-state index in [0.717, 1.165) is 16.1 Å². The Labute approximate surface area is 184 Å². The van der Waals surface area contributed by atoms with Crippen LogP contribution in [0.1, 0.15) is 23.2 Å². The van der Waals surface area contributed by atoms with Gasteiger partial charge in [0, 0.05) is 16.5 Å². The maximum Gasteiger partial charge on any atom is 0.375 e. The molecule has 0 aliphatic rings. The highest BCUT2D eigenvalue weighted by molar-refractivity contribution is 7.13. The molecule has 31 heavy (non-hydrogen) atoms. The lowest BCUT2D eigenvalue weighted by atomic mass is 10.1. The number of rotatable bonds is 8. The highest BCUT2D eigenvalue weighted by atomic mass is 32.1. The Morgan fingerprint density at radius 2 is 1.90 bits per heavy atom. The van der Waals surface area contributed by atoms with E-state index in [4.69, 9.17) is 18.6 Å². The zero-order valence-electron chi connectivity index (χ0n) is 17.2. The predicted molar refractivity (Wildman–Crippen MR) is 119 cm³/mol. The Morgan fingerprint density at radius 3 is 2.68 bits per heavy atom. The van der Waals surface area contributed by atoms with Gasteiger partial charge in [0.1, 0.15) is 11.6 Å². The van der Waals surface area contributed by atoms with Crippen LogP contribution in [-0.2, 0) is 11.3 Å². The third kappa shape index (κ3) is 4.62. The first kappa shape index (κ1) is 20.7. The van der Waals surface area contributed by atoms with Crippen LogP contribution in [0.4, 0.5) is 0 Å². The maximum atomic E-state index is 12.6. The predicted octanol–water partition coefficient (Wildman–Crippen LogP) is 5.83. The minimum Gasteiger partial charge on any atom is -0.493 e. The molecule has 2 heterocycles. The van der Waals surface area contributed by atoms with Crippen molar-refractivity contribution < 1.29 is 23.4 Å². The van der Waals surface area contributed by atoms with Gasteiger partial charge in [0.2, 0.25) is 5.76 Å². The molecule has 0 fully saturated rings. The summed E-state index contributed by atoms with van der Waals surface area (Å²) in [5.41, 5.74) is 3.16. The molecule has 0 N–H and O–H groups in total. The van der Waals surface area contributed by atoms with Crippen molar-refractivity contribution in [2.75, 3.05) is 13.7 Å². The second kappa shape index (κ2) is 9.49. The molecule has 0 spiro atoms. The van der Waals surface area contributed by atoms with Crippen molar-refractivity contribution in [2.24, 2.45) is 0 Å². The van der Waals surface area contributed by atoms with Crippen LogP contribution in [0.5, 0.6) is 11.5 Å². The van der Waals surface area contributed by atoms with Gasteiger partial charge in [0.15, 0.2) is 11.5 Å². The van der Waals surface area contributed by atoms with Crippen molar-refractivity contribution >= 4 is 17.3 Å². The van der Waals surface area contributed by atoms with Gasteiger partial charge in [-0.2, -0.15) is 0 Å². The first-order valence-electron chi connectivity index (χ1n) is 9.75. The Hall–Kier alpha value is -3.58. The van der Waals surface area contributed by atoms with Crippen molar-refractivity contribution in [3.63, 3.8) is 0 Å². The summed E-state index contributed by atoms with van der Waals surface area (Å²) >= 11 is 1.47. The van der Waals surface area contributed by atoms with Crippen LogP contribution in [0.15, 0.2) is 70.7 Å². The number of hydrogen-bond acceptors (Lipinski definition) is 7. The molecule has 0 bridgehead atoms. The molecule has 0 saturated carbocycles. The molecule has 4 rings (SSSR count). The number of esters is 1. The van der Waals surface area contributed by atoms with Crippen LogP contribution in [0, 0.1) is 0 Å². The lowest BCUT2D eigenvalue weighted by molar-refractivity contribution is 0.0433. The van der Waals surface area contributed by atoms with Crippen LogP contribution in [0.25, 0.3) is 21.7 Å². The molecule has 0 saturated heterocycles.